The third-order valence-electron chi connectivity index (χ3n) is 1.15. The van der Waals surface area contributed by atoms with Gasteiger partial charge in [-0.05, 0) is 11.6 Å². The number of carbonyl (C=O) groups excluding carboxylic acids is 1. The zero-order valence-electron chi connectivity index (χ0n) is 4.93. The predicted molar refractivity (Wildman–Crippen MR) is 37.6 cm³/mol. The minimum absolute atomic E-state index is 0.146. The number of allylic oxidation sites excluding steroid dienone is 4. The molecule has 1 nitrogen and oxygen atoms in total. The van der Waals surface area contributed by atoms with E-state index in [4.69, 9.17) is 11.6 Å². The van der Waals surface area contributed by atoms with Crippen LogP contribution in [0.2, 0.25) is 0 Å². The molecule has 9 heavy (non-hydrogen) atoms. The van der Waals surface area contributed by atoms with Crippen LogP contribution >= 0.6 is 11.6 Å². The van der Waals surface area contributed by atoms with Crippen molar-refractivity contribution in [2.75, 3.05) is 5.88 Å². The van der Waals surface area contributed by atoms with Crippen LogP contribution in [0.25, 0.3) is 0 Å². The standard InChI is InChI=1S/C7H7ClO/c8-5-6-2-1-3-7(9)4-6/h1-2,4H,3,5H2. The molecule has 1 rings (SSSR count). The van der Waals surface area contributed by atoms with Crippen LogP contribution < -0.4 is 0 Å². The Balaban J connectivity index is 2.70. The van der Waals surface area contributed by atoms with Crippen molar-refractivity contribution < 1.29 is 4.79 Å². The zero-order chi connectivity index (χ0) is 6.69. The van der Waals surface area contributed by atoms with Crippen LogP contribution in [0.1, 0.15) is 6.42 Å². The molecule has 0 fully saturated rings. The van der Waals surface area contributed by atoms with Crippen molar-refractivity contribution in [1.29, 1.82) is 0 Å². The van der Waals surface area contributed by atoms with Gasteiger partial charge in [-0.3, -0.25) is 4.79 Å². The molecule has 0 saturated carbocycles. The maximum absolute atomic E-state index is 10.6. The molecule has 1 aliphatic carbocycles. The van der Waals surface area contributed by atoms with E-state index in [9.17, 15) is 4.79 Å². The van der Waals surface area contributed by atoms with Gasteiger partial charge in [0, 0.05) is 12.3 Å². The normalized spacial score (nSPS) is 17.9. The number of halogens is 1. The second-order valence-corrected chi connectivity index (χ2v) is 2.19. The van der Waals surface area contributed by atoms with Gasteiger partial charge in [0.05, 0.1) is 0 Å². The molecule has 0 heterocycles. The Morgan fingerprint density at radius 2 is 2.44 bits per heavy atom. The van der Waals surface area contributed by atoms with Gasteiger partial charge in [0.15, 0.2) is 5.78 Å². The largest absolute Gasteiger partial charge is 0.294 e. The van der Waals surface area contributed by atoms with Crippen molar-refractivity contribution in [3.63, 3.8) is 0 Å². The molecule has 0 amide bonds. The highest BCUT2D eigenvalue weighted by atomic mass is 35.5. The SMILES string of the molecule is O=C1C=C(CCl)C=CC1. The van der Waals surface area contributed by atoms with E-state index in [2.05, 4.69) is 0 Å². The molecule has 48 valence electrons. The van der Waals surface area contributed by atoms with E-state index in [1.807, 2.05) is 12.2 Å². The highest BCUT2D eigenvalue weighted by Gasteiger charge is 2.01. The van der Waals surface area contributed by atoms with Gasteiger partial charge in [0.2, 0.25) is 0 Å². The minimum Gasteiger partial charge on any atom is -0.294 e. The summed E-state index contributed by atoms with van der Waals surface area (Å²) in [5.74, 6) is 0.579. The molecule has 2 heteroatoms. The lowest BCUT2D eigenvalue weighted by molar-refractivity contribution is -0.113. The summed E-state index contributed by atoms with van der Waals surface area (Å²) in [6, 6.07) is 0. The maximum Gasteiger partial charge on any atom is 0.159 e. The average Bonchev–Trinajstić information content (AvgIpc) is 1.88. The average molecular weight is 143 g/mol. The summed E-state index contributed by atoms with van der Waals surface area (Å²) in [7, 11) is 0. The Labute approximate surface area is 59.0 Å². The Kier molecular flexibility index (Phi) is 2.06. The monoisotopic (exact) mass is 142 g/mol. The third-order valence-corrected chi connectivity index (χ3v) is 1.46. The van der Waals surface area contributed by atoms with E-state index < -0.39 is 0 Å². The number of hydrogen-bond acceptors (Lipinski definition) is 1. The molecule has 0 atom stereocenters. The molecule has 0 unspecified atom stereocenters. The number of rotatable bonds is 1. The van der Waals surface area contributed by atoms with Crippen molar-refractivity contribution >= 4 is 17.4 Å². The highest BCUT2D eigenvalue weighted by Crippen LogP contribution is 2.07. The van der Waals surface area contributed by atoms with Gasteiger partial charge in [0.1, 0.15) is 0 Å². The molecule has 0 radical (unpaired) electrons. The van der Waals surface area contributed by atoms with E-state index in [1.54, 1.807) is 6.08 Å². The first kappa shape index (κ1) is 6.56. The lowest BCUT2D eigenvalue weighted by Gasteiger charge is -1.99. The summed E-state index contributed by atoms with van der Waals surface area (Å²) in [4.78, 5) is 10.6. The first-order valence-electron chi connectivity index (χ1n) is 2.79. The molecular formula is C7H7ClO. The number of alkyl halides is 1. The molecule has 0 aromatic rings. The molecule has 1 aliphatic rings. The molecule has 0 aromatic carbocycles. The summed E-state index contributed by atoms with van der Waals surface area (Å²) < 4.78 is 0. The van der Waals surface area contributed by atoms with Gasteiger partial charge in [0.25, 0.3) is 0 Å². The first-order valence-corrected chi connectivity index (χ1v) is 3.32. The lowest BCUT2D eigenvalue weighted by atomic mass is 10.1. The van der Waals surface area contributed by atoms with Crippen molar-refractivity contribution in [3.8, 4) is 0 Å². The second-order valence-electron chi connectivity index (χ2n) is 1.93. The van der Waals surface area contributed by atoms with E-state index in [1.165, 1.54) is 0 Å². The van der Waals surface area contributed by atoms with E-state index in [-0.39, 0.29) is 5.78 Å². The molecule has 0 aliphatic heterocycles. The van der Waals surface area contributed by atoms with E-state index in [0.29, 0.717) is 12.3 Å². The van der Waals surface area contributed by atoms with Gasteiger partial charge < -0.3 is 0 Å². The summed E-state index contributed by atoms with van der Waals surface area (Å²) in [6.07, 6.45) is 5.84. The Bertz CT molecular complexity index is 179. The molecule has 0 spiro atoms. The Hall–Kier alpha value is -0.560. The van der Waals surface area contributed by atoms with Crippen LogP contribution in [-0.4, -0.2) is 11.7 Å². The number of ketones is 1. The van der Waals surface area contributed by atoms with Crippen LogP contribution in [0.4, 0.5) is 0 Å². The predicted octanol–water partition coefficient (Wildman–Crippen LogP) is 1.68. The number of carbonyl (C=O) groups is 1. The first-order chi connectivity index (χ1) is 4.33. The summed E-state index contributed by atoms with van der Waals surface area (Å²) in [5.41, 5.74) is 0.910. The fourth-order valence-electron chi connectivity index (χ4n) is 0.723. The smallest absolute Gasteiger partial charge is 0.159 e. The molecule has 0 N–H and O–H groups in total. The molecule has 0 saturated heterocycles. The van der Waals surface area contributed by atoms with Crippen LogP contribution in [0.15, 0.2) is 23.8 Å². The molecular weight excluding hydrogens is 136 g/mol. The van der Waals surface area contributed by atoms with Crippen molar-refractivity contribution in [2.24, 2.45) is 0 Å². The summed E-state index contributed by atoms with van der Waals surface area (Å²) >= 11 is 5.47. The third kappa shape index (κ3) is 1.68. The Morgan fingerprint density at radius 3 is 2.89 bits per heavy atom. The lowest BCUT2D eigenvalue weighted by Crippen LogP contribution is -1.97. The summed E-state index contributed by atoms with van der Waals surface area (Å²) in [5, 5.41) is 0. The van der Waals surface area contributed by atoms with Crippen LogP contribution in [0, 0.1) is 0 Å². The fraction of sp³-hybridized carbons (Fsp3) is 0.286. The van der Waals surface area contributed by atoms with Crippen LogP contribution in [-0.2, 0) is 4.79 Å². The van der Waals surface area contributed by atoms with Crippen LogP contribution in [0.3, 0.4) is 0 Å². The van der Waals surface area contributed by atoms with Crippen molar-refractivity contribution in [3.05, 3.63) is 23.8 Å². The van der Waals surface area contributed by atoms with Gasteiger partial charge >= 0.3 is 0 Å². The van der Waals surface area contributed by atoms with Crippen molar-refractivity contribution in [1.82, 2.24) is 0 Å². The highest BCUT2D eigenvalue weighted by molar-refractivity contribution is 6.20. The molecule has 0 aromatic heterocycles. The fourth-order valence-corrected chi connectivity index (χ4v) is 0.890. The topological polar surface area (TPSA) is 17.1 Å². The Morgan fingerprint density at radius 1 is 1.67 bits per heavy atom. The van der Waals surface area contributed by atoms with E-state index >= 15 is 0 Å². The van der Waals surface area contributed by atoms with Gasteiger partial charge in [-0.1, -0.05) is 12.2 Å². The van der Waals surface area contributed by atoms with Gasteiger partial charge in [-0.2, -0.15) is 0 Å². The van der Waals surface area contributed by atoms with Gasteiger partial charge in [-0.15, -0.1) is 11.6 Å². The van der Waals surface area contributed by atoms with Gasteiger partial charge in [-0.25, -0.2) is 0 Å². The van der Waals surface area contributed by atoms with Crippen molar-refractivity contribution in [2.45, 2.75) is 6.42 Å². The molecule has 0 bridgehead atoms. The number of hydrogen-bond donors (Lipinski definition) is 0. The minimum atomic E-state index is 0.146. The quantitative estimate of drug-likeness (QED) is 0.509. The summed E-state index contributed by atoms with van der Waals surface area (Å²) in [6.45, 7) is 0. The second kappa shape index (κ2) is 2.83. The van der Waals surface area contributed by atoms with E-state index in [0.717, 1.165) is 5.57 Å². The zero-order valence-corrected chi connectivity index (χ0v) is 5.69. The van der Waals surface area contributed by atoms with Crippen LogP contribution in [0.5, 0.6) is 0 Å². The maximum atomic E-state index is 10.6.